The van der Waals surface area contributed by atoms with Crippen molar-refractivity contribution in [3.8, 4) is 0 Å². The van der Waals surface area contributed by atoms with Crippen LogP contribution in [0, 0.1) is 0 Å². The molecule has 0 radical (unpaired) electrons. The number of carbonyl (C=O) groups is 2. The maximum Gasteiger partial charge on any atom is 0.340 e. The van der Waals surface area contributed by atoms with E-state index in [9.17, 15) is 18.0 Å². The number of nitrogens with zero attached hydrogens (tertiary/aromatic N) is 1. The molecule has 1 fully saturated rings. The number of morpholine rings is 1. The van der Waals surface area contributed by atoms with Gasteiger partial charge in [0.25, 0.3) is 5.91 Å². The first kappa shape index (κ1) is 19.7. The molecule has 1 aromatic rings. The summed E-state index contributed by atoms with van der Waals surface area (Å²) >= 11 is 5.94. The van der Waals surface area contributed by atoms with Crippen LogP contribution in [0.2, 0.25) is 5.02 Å². The van der Waals surface area contributed by atoms with E-state index in [-0.39, 0.29) is 33.6 Å². The molecule has 25 heavy (non-hydrogen) atoms. The van der Waals surface area contributed by atoms with E-state index < -0.39 is 22.4 Å². The third-order valence-electron chi connectivity index (χ3n) is 3.68. The van der Waals surface area contributed by atoms with Crippen LogP contribution in [0.5, 0.6) is 0 Å². The fourth-order valence-corrected chi connectivity index (χ4v) is 3.41. The van der Waals surface area contributed by atoms with E-state index in [1.165, 1.54) is 12.1 Å². The van der Waals surface area contributed by atoms with Gasteiger partial charge < -0.3 is 14.4 Å². The van der Waals surface area contributed by atoms with Gasteiger partial charge in [0.1, 0.15) is 0 Å². The minimum atomic E-state index is -3.49. The van der Waals surface area contributed by atoms with Crippen molar-refractivity contribution in [3.63, 3.8) is 0 Å². The van der Waals surface area contributed by atoms with Crippen molar-refractivity contribution in [2.24, 2.45) is 0 Å². The molecule has 0 spiro atoms. The summed E-state index contributed by atoms with van der Waals surface area (Å²) in [4.78, 5) is 25.9. The number of carbonyl (C=O) groups excluding carboxylic acids is 2. The molecule has 1 aliphatic rings. The number of amides is 1. The highest BCUT2D eigenvalue weighted by atomic mass is 35.5. The number of sulfone groups is 1. The Balaban J connectivity index is 2.04. The van der Waals surface area contributed by atoms with Crippen LogP contribution < -0.4 is 0 Å². The van der Waals surface area contributed by atoms with Crippen LogP contribution >= 0.6 is 11.6 Å². The van der Waals surface area contributed by atoms with Crippen molar-refractivity contribution in [2.75, 3.05) is 26.0 Å². The van der Waals surface area contributed by atoms with Crippen LogP contribution in [-0.2, 0) is 24.1 Å². The van der Waals surface area contributed by atoms with Crippen LogP contribution in [0.1, 0.15) is 24.2 Å². The number of ether oxygens (including phenoxy) is 2. The minimum absolute atomic E-state index is 0.0500. The molecule has 0 N–H and O–H groups in total. The third-order valence-corrected chi connectivity index (χ3v) is 5.12. The van der Waals surface area contributed by atoms with Crippen LogP contribution in [0.4, 0.5) is 0 Å². The number of hydrogen-bond acceptors (Lipinski definition) is 6. The molecule has 9 heteroatoms. The first-order valence-electron chi connectivity index (χ1n) is 7.68. The summed E-state index contributed by atoms with van der Waals surface area (Å²) in [5.41, 5.74) is -0.0962. The van der Waals surface area contributed by atoms with Crippen molar-refractivity contribution in [1.82, 2.24) is 4.90 Å². The van der Waals surface area contributed by atoms with Gasteiger partial charge in [0.2, 0.25) is 0 Å². The molecule has 1 saturated heterocycles. The minimum Gasteiger partial charge on any atom is -0.452 e. The Bertz CT molecular complexity index is 769. The Kier molecular flexibility index (Phi) is 6.08. The maximum atomic E-state index is 12.2. The van der Waals surface area contributed by atoms with E-state index in [1.54, 1.807) is 4.90 Å². The lowest BCUT2D eigenvalue weighted by atomic mass is 10.2. The highest BCUT2D eigenvalue weighted by molar-refractivity contribution is 7.90. The predicted octanol–water partition coefficient (Wildman–Crippen LogP) is 1.54. The Morgan fingerprint density at radius 2 is 1.88 bits per heavy atom. The van der Waals surface area contributed by atoms with Crippen molar-refractivity contribution < 1.29 is 27.5 Å². The molecule has 2 rings (SSSR count). The van der Waals surface area contributed by atoms with Gasteiger partial charge in [-0.25, -0.2) is 13.2 Å². The molecular formula is C16H20ClNO6S. The standard InChI is InChI=1S/C16H20ClNO6S/c1-10-7-18(8-11(2)24-10)15(19)9-23-16(20)13-6-12(25(3,21)22)4-5-14(13)17/h4-6,10-11H,7-9H2,1-3H3/t10-,11-/m0/s1. The number of hydrogen-bond donors (Lipinski definition) is 0. The van der Waals surface area contributed by atoms with E-state index in [1.807, 2.05) is 13.8 Å². The van der Waals surface area contributed by atoms with Crippen molar-refractivity contribution in [3.05, 3.63) is 28.8 Å². The van der Waals surface area contributed by atoms with Gasteiger partial charge in [0, 0.05) is 19.3 Å². The highest BCUT2D eigenvalue weighted by Gasteiger charge is 2.27. The van der Waals surface area contributed by atoms with Gasteiger partial charge in [0.05, 0.1) is 27.7 Å². The third kappa shape index (κ3) is 5.17. The summed E-state index contributed by atoms with van der Waals surface area (Å²) in [5, 5.41) is 0.0541. The monoisotopic (exact) mass is 389 g/mol. The fraction of sp³-hybridized carbons (Fsp3) is 0.500. The summed E-state index contributed by atoms with van der Waals surface area (Å²) in [6, 6.07) is 3.75. The van der Waals surface area contributed by atoms with Crippen LogP contribution in [0.25, 0.3) is 0 Å². The summed E-state index contributed by atoms with van der Waals surface area (Å²) in [6.45, 7) is 4.12. The molecule has 1 amide bonds. The average molecular weight is 390 g/mol. The van der Waals surface area contributed by atoms with E-state index in [2.05, 4.69) is 0 Å². The summed E-state index contributed by atoms with van der Waals surface area (Å²) in [5.74, 6) is -1.19. The van der Waals surface area contributed by atoms with Gasteiger partial charge >= 0.3 is 5.97 Å². The second-order valence-electron chi connectivity index (χ2n) is 6.05. The molecule has 138 valence electrons. The first-order chi connectivity index (χ1) is 11.6. The Morgan fingerprint density at radius 1 is 1.28 bits per heavy atom. The highest BCUT2D eigenvalue weighted by Crippen LogP contribution is 2.21. The Labute approximate surface area is 151 Å². The molecule has 0 saturated carbocycles. The molecule has 7 nitrogen and oxygen atoms in total. The van der Waals surface area contributed by atoms with Gasteiger partial charge in [-0.1, -0.05) is 11.6 Å². The lowest BCUT2D eigenvalue weighted by molar-refractivity contribution is -0.146. The quantitative estimate of drug-likeness (QED) is 0.725. The number of halogens is 1. The van der Waals surface area contributed by atoms with E-state index >= 15 is 0 Å². The van der Waals surface area contributed by atoms with E-state index in [0.717, 1.165) is 12.3 Å². The lowest BCUT2D eigenvalue weighted by Crippen LogP contribution is -2.49. The van der Waals surface area contributed by atoms with E-state index in [0.29, 0.717) is 13.1 Å². The van der Waals surface area contributed by atoms with E-state index in [4.69, 9.17) is 21.1 Å². The maximum absolute atomic E-state index is 12.2. The largest absolute Gasteiger partial charge is 0.452 e. The van der Waals surface area contributed by atoms with Gasteiger partial charge in [-0.2, -0.15) is 0 Å². The smallest absolute Gasteiger partial charge is 0.340 e. The molecular weight excluding hydrogens is 370 g/mol. The zero-order chi connectivity index (χ0) is 18.8. The first-order valence-corrected chi connectivity index (χ1v) is 9.95. The molecule has 0 bridgehead atoms. The van der Waals surface area contributed by atoms with Crippen LogP contribution in [0.15, 0.2) is 23.1 Å². The molecule has 0 aromatic heterocycles. The van der Waals surface area contributed by atoms with Gasteiger partial charge in [-0.05, 0) is 32.0 Å². The molecule has 1 aromatic carbocycles. The zero-order valence-corrected chi connectivity index (χ0v) is 15.8. The van der Waals surface area contributed by atoms with Crippen LogP contribution in [0.3, 0.4) is 0 Å². The SMILES string of the molecule is C[C@H]1CN(C(=O)COC(=O)c2cc(S(C)(=O)=O)ccc2Cl)C[C@H](C)O1. The van der Waals surface area contributed by atoms with Gasteiger partial charge in [-0.15, -0.1) is 0 Å². The Hall–Kier alpha value is -1.64. The molecule has 1 aliphatic heterocycles. The summed E-state index contributed by atoms with van der Waals surface area (Å²) in [6.07, 6.45) is 0.837. The lowest BCUT2D eigenvalue weighted by Gasteiger charge is -2.35. The fourth-order valence-electron chi connectivity index (χ4n) is 2.57. The molecule has 2 atom stereocenters. The molecule has 1 heterocycles. The summed E-state index contributed by atoms with van der Waals surface area (Å²) in [7, 11) is -3.49. The molecule has 0 aliphatic carbocycles. The number of rotatable bonds is 4. The normalized spacial score (nSPS) is 21.0. The second-order valence-corrected chi connectivity index (χ2v) is 8.47. The number of esters is 1. The van der Waals surface area contributed by atoms with Crippen molar-refractivity contribution in [1.29, 1.82) is 0 Å². The summed E-state index contributed by atoms with van der Waals surface area (Å²) < 4.78 is 33.7. The van der Waals surface area contributed by atoms with Crippen LogP contribution in [-0.4, -0.2) is 63.4 Å². The topological polar surface area (TPSA) is 90.0 Å². The van der Waals surface area contributed by atoms with Crippen molar-refractivity contribution >= 4 is 33.3 Å². The predicted molar refractivity (Wildman–Crippen MR) is 91.4 cm³/mol. The van der Waals surface area contributed by atoms with Gasteiger partial charge in [-0.3, -0.25) is 4.79 Å². The zero-order valence-electron chi connectivity index (χ0n) is 14.2. The molecule has 0 unspecified atom stereocenters. The second kappa shape index (κ2) is 7.72. The van der Waals surface area contributed by atoms with Crippen molar-refractivity contribution in [2.45, 2.75) is 31.0 Å². The Morgan fingerprint density at radius 3 is 2.44 bits per heavy atom. The average Bonchev–Trinajstić information content (AvgIpc) is 2.50. The number of benzene rings is 1. The van der Waals surface area contributed by atoms with Gasteiger partial charge in [0.15, 0.2) is 16.4 Å².